The standard InChI is InChI=1S/C25H15NO7/c1-14-9-18(31-25(28)22-12-16-6-2-3-8-19(16)32-22)13-20-23(14)24(27)21(33-20)11-15-5-4-7-17(10-15)26(29)30/h2-13H,1H3/b21-11-. The van der Waals surface area contributed by atoms with Crippen LogP contribution in [0.25, 0.3) is 17.0 Å². The van der Waals surface area contributed by atoms with Gasteiger partial charge in [-0.3, -0.25) is 14.9 Å². The van der Waals surface area contributed by atoms with Crippen LogP contribution < -0.4 is 9.47 Å². The molecule has 0 spiro atoms. The highest BCUT2D eigenvalue weighted by Crippen LogP contribution is 2.38. The molecule has 0 aliphatic carbocycles. The second-order valence-electron chi connectivity index (χ2n) is 7.44. The van der Waals surface area contributed by atoms with Crippen molar-refractivity contribution in [2.24, 2.45) is 0 Å². The first-order valence-corrected chi connectivity index (χ1v) is 9.93. The van der Waals surface area contributed by atoms with Crippen LogP contribution >= 0.6 is 0 Å². The SMILES string of the molecule is Cc1cc(OC(=O)c2cc3ccccc3o2)cc2c1C(=O)/C(=C/c1cccc([N+](=O)[O-])c1)O2. The maximum atomic E-state index is 12.8. The molecule has 0 amide bonds. The van der Waals surface area contributed by atoms with E-state index in [1.165, 1.54) is 30.3 Å². The van der Waals surface area contributed by atoms with Crippen LogP contribution in [0.2, 0.25) is 0 Å². The minimum Gasteiger partial charge on any atom is -0.452 e. The first-order chi connectivity index (χ1) is 15.9. The number of Topliss-reactive ketones (excluding diaryl/α,β-unsaturated/α-hetero) is 1. The zero-order valence-electron chi connectivity index (χ0n) is 17.2. The van der Waals surface area contributed by atoms with Gasteiger partial charge in [0.25, 0.3) is 5.69 Å². The van der Waals surface area contributed by atoms with Crippen LogP contribution in [-0.4, -0.2) is 16.7 Å². The van der Waals surface area contributed by atoms with Gasteiger partial charge >= 0.3 is 5.97 Å². The molecule has 2 heterocycles. The van der Waals surface area contributed by atoms with Gasteiger partial charge in [-0.1, -0.05) is 30.3 Å². The monoisotopic (exact) mass is 441 g/mol. The molecule has 0 bridgehead atoms. The number of carbonyl (C=O) groups excluding carboxylic acids is 2. The van der Waals surface area contributed by atoms with Crippen LogP contribution in [0.1, 0.15) is 32.0 Å². The highest BCUT2D eigenvalue weighted by atomic mass is 16.6. The Kier molecular flexibility index (Phi) is 4.75. The van der Waals surface area contributed by atoms with Crippen LogP contribution in [0.4, 0.5) is 5.69 Å². The maximum absolute atomic E-state index is 12.8. The summed E-state index contributed by atoms with van der Waals surface area (Å²) in [6.45, 7) is 1.70. The van der Waals surface area contributed by atoms with Crippen molar-refractivity contribution >= 4 is 34.5 Å². The van der Waals surface area contributed by atoms with Crippen molar-refractivity contribution in [2.75, 3.05) is 0 Å². The van der Waals surface area contributed by atoms with E-state index in [4.69, 9.17) is 13.9 Å². The van der Waals surface area contributed by atoms with Gasteiger partial charge in [0.05, 0.1) is 10.5 Å². The number of ether oxygens (including phenoxy) is 2. The number of furan rings is 1. The molecule has 0 radical (unpaired) electrons. The Balaban J connectivity index is 1.41. The first-order valence-electron chi connectivity index (χ1n) is 9.93. The summed E-state index contributed by atoms with van der Waals surface area (Å²) in [5, 5.41) is 11.8. The molecule has 8 heteroatoms. The summed E-state index contributed by atoms with van der Waals surface area (Å²) in [6.07, 6.45) is 1.44. The second kappa shape index (κ2) is 7.76. The number of nitro groups is 1. The molecule has 0 saturated carbocycles. The smallest absolute Gasteiger partial charge is 0.379 e. The number of benzene rings is 3. The molecule has 8 nitrogen and oxygen atoms in total. The molecule has 0 atom stereocenters. The third kappa shape index (κ3) is 3.74. The van der Waals surface area contributed by atoms with Gasteiger partial charge in [-0.25, -0.2) is 4.79 Å². The van der Waals surface area contributed by atoms with Crippen LogP contribution in [0, 0.1) is 17.0 Å². The summed E-state index contributed by atoms with van der Waals surface area (Å²) in [6, 6.07) is 17.7. The Morgan fingerprint density at radius 3 is 2.67 bits per heavy atom. The van der Waals surface area contributed by atoms with Gasteiger partial charge in [0.1, 0.15) is 17.1 Å². The van der Waals surface area contributed by atoms with Gasteiger partial charge in [0, 0.05) is 23.6 Å². The number of carbonyl (C=O) groups is 2. The van der Waals surface area contributed by atoms with E-state index in [1.54, 1.807) is 37.3 Å². The fourth-order valence-electron chi connectivity index (χ4n) is 3.66. The molecule has 0 unspecified atom stereocenters. The van der Waals surface area contributed by atoms with Gasteiger partial charge in [0.15, 0.2) is 5.76 Å². The number of esters is 1. The Morgan fingerprint density at radius 1 is 1.06 bits per heavy atom. The zero-order chi connectivity index (χ0) is 23.1. The first kappa shape index (κ1) is 20.2. The number of para-hydroxylation sites is 1. The van der Waals surface area contributed by atoms with Crippen molar-refractivity contribution in [3.63, 3.8) is 0 Å². The minimum absolute atomic E-state index is 0.0226. The maximum Gasteiger partial charge on any atom is 0.379 e. The topological polar surface area (TPSA) is 109 Å². The molecule has 0 fully saturated rings. The summed E-state index contributed by atoms with van der Waals surface area (Å²) in [5.41, 5.74) is 1.83. The van der Waals surface area contributed by atoms with Crippen LogP contribution in [0.5, 0.6) is 11.5 Å². The van der Waals surface area contributed by atoms with Crippen molar-refractivity contribution in [2.45, 2.75) is 6.92 Å². The molecule has 0 N–H and O–H groups in total. The van der Waals surface area contributed by atoms with E-state index in [0.717, 1.165) is 5.39 Å². The minimum atomic E-state index is -0.678. The van der Waals surface area contributed by atoms with Gasteiger partial charge in [-0.05, 0) is 42.3 Å². The molecule has 1 aromatic heterocycles. The van der Waals surface area contributed by atoms with E-state index in [2.05, 4.69) is 0 Å². The molecule has 1 aliphatic rings. The van der Waals surface area contributed by atoms with Crippen molar-refractivity contribution in [3.8, 4) is 11.5 Å². The molecule has 1 aliphatic heterocycles. The highest BCUT2D eigenvalue weighted by Gasteiger charge is 2.30. The molecule has 4 aromatic rings. The van der Waals surface area contributed by atoms with E-state index in [9.17, 15) is 19.7 Å². The average molecular weight is 441 g/mol. The molecule has 5 rings (SSSR count). The van der Waals surface area contributed by atoms with Crippen molar-refractivity contribution in [1.82, 2.24) is 0 Å². The number of hydrogen-bond acceptors (Lipinski definition) is 7. The summed E-state index contributed by atoms with van der Waals surface area (Å²) < 4.78 is 16.7. The molecular formula is C25H15NO7. The largest absolute Gasteiger partial charge is 0.452 e. The summed E-state index contributed by atoms with van der Waals surface area (Å²) in [7, 11) is 0. The van der Waals surface area contributed by atoms with E-state index < -0.39 is 10.9 Å². The Bertz CT molecular complexity index is 1460. The van der Waals surface area contributed by atoms with Gasteiger partial charge in [-0.2, -0.15) is 0 Å². The number of aryl methyl sites for hydroxylation is 1. The lowest BCUT2D eigenvalue weighted by atomic mass is 10.0. The third-order valence-corrected chi connectivity index (χ3v) is 5.16. The number of non-ortho nitro benzene ring substituents is 1. The predicted molar refractivity (Wildman–Crippen MR) is 118 cm³/mol. The molecule has 0 saturated heterocycles. The number of fused-ring (bicyclic) bond motifs is 2. The second-order valence-corrected chi connectivity index (χ2v) is 7.44. The number of nitro benzene ring substituents is 1. The van der Waals surface area contributed by atoms with Crippen molar-refractivity contribution in [1.29, 1.82) is 0 Å². The van der Waals surface area contributed by atoms with E-state index in [1.807, 2.05) is 12.1 Å². The number of allylic oxidation sites excluding steroid dienone is 1. The lowest BCUT2D eigenvalue weighted by Gasteiger charge is -2.06. The summed E-state index contributed by atoms with van der Waals surface area (Å²) >= 11 is 0. The average Bonchev–Trinajstić information content (AvgIpc) is 3.35. The summed E-state index contributed by atoms with van der Waals surface area (Å²) in [5.74, 6) is -0.524. The zero-order valence-corrected chi connectivity index (χ0v) is 17.2. The normalized spacial score (nSPS) is 13.7. The molecule has 33 heavy (non-hydrogen) atoms. The quantitative estimate of drug-likeness (QED) is 0.135. The number of rotatable bonds is 4. The third-order valence-electron chi connectivity index (χ3n) is 5.16. The van der Waals surface area contributed by atoms with Gasteiger partial charge in [-0.15, -0.1) is 0 Å². The summed E-state index contributed by atoms with van der Waals surface area (Å²) in [4.78, 5) is 35.9. The molecular weight excluding hydrogens is 426 g/mol. The predicted octanol–water partition coefficient (Wildman–Crippen LogP) is 5.48. The Morgan fingerprint density at radius 2 is 1.88 bits per heavy atom. The van der Waals surface area contributed by atoms with E-state index in [0.29, 0.717) is 22.3 Å². The van der Waals surface area contributed by atoms with Gasteiger partial charge in [0.2, 0.25) is 11.5 Å². The Labute approximate surface area is 186 Å². The molecule has 3 aromatic carbocycles. The van der Waals surface area contributed by atoms with E-state index >= 15 is 0 Å². The van der Waals surface area contributed by atoms with Crippen LogP contribution in [0.3, 0.4) is 0 Å². The van der Waals surface area contributed by atoms with E-state index in [-0.39, 0.29) is 34.5 Å². The highest BCUT2D eigenvalue weighted by molar-refractivity contribution is 6.15. The van der Waals surface area contributed by atoms with Crippen LogP contribution in [0.15, 0.2) is 76.9 Å². The fourth-order valence-corrected chi connectivity index (χ4v) is 3.66. The lowest BCUT2D eigenvalue weighted by molar-refractivity contribution is -0.384. The fraction of sp³-hybridized carbons (Fsp3) is 0.0400. The van der Waals surface area contributed by atoms with Crippen LogP contribution in [-0.2, 0) is 0 Å². The van der Waals surface area contributed by atoms with Gasteiger partial charge < -0.3 is 13.9 Å². The van der Waals surface area contributed by atoms with Crippen molar-refractivity contribution < 1.29 is 28.4 Å². The Hall–Kier alpha value is -4.72. The number of nitrogens with zero attached hydrogens (tertiary/aromatic N) is 1. The number of hydrogen-bond donors (Lipinski definition) is 0. The number of ketones is 1. The van der Waals surface area contributed by atoms with Crippen molar-refractivity contribution in [3.05, 3.63) is 105 Å². The lowest BCUT2D eigenvalue weighted by Crippen LogP contribution is -2.07. The molecule has 162 valence electrons.